The van der Waals surface area contributed by atoms with Gasteiger partial charge in [0, 0.05) is 24.8 Å². The second kappa shape index (κ2) is 5.87. The Bertz CT molecular complexity index is 323. The molecule has 3 nitrogen and oxygen atoms in total. The maximum atomic E-state index is 6.30. The molecule has 0 saturated heterocycles. The molecule has 3 heteroatoms. The van der Waals surface area contributed by atoms with Crippen LogP contribution in [0.5, 0.6) is 5.75 Å². The molecular weight excluding hydrogens is 202 g/mol. The van der Waals surface area contributed by atoms with Crippen molar-refractivity contribution < 1.29 is 9.47 Å². The highest BCUT2D eigenvalue weighted by Crippen LogP contribution is 2.30. The Morgan fingerprint density at radius 1 is 1.31 bits per heavy atom. The highest BCUT2D eigenvalue weighted by molar-refractivity contribution is 5.38. The van der Waals surface area contributed by atoms with Gasteiger partial charge in [0.05, 0.1) is 6.61 Å². The van der Waals surface area contributed by atoms with Gasteiger partial charge in [-0.2, -0.15) is 0 Å². The van der Waals surface area contributed by atoms with E-state index in [9.17, 15) is 0 Å². The van der Waals surface area contributed by atoms with E-state index in [-0.39, 0.29) is 0 Å². The van der Waals surface area contributed by atoms with Crippen LogP contribution in [0.3, 0.4) is 0 Å². The number of methoxy groups -OCH3 is 1. The fourth-order valence-electron chi connectivity index (χ4n) is 1.67. The molecule has 1 aromatic rings. The minimum atomic E-state index is -0.415. The van der Waals surface area contributed by atoms with Crippen molar-refractivity contribution >= 4 is 0 Å². The Kier molecular flexibility index (Phi) is 4.77. The first-order valence-corrected chi connectivity index (χ1v) is 5.62. The van der Waals surface area contributed by atoms with Crippen LogP contribution in [0.4, 0.5) is 0 Å². The summed E-state index contributed by atoms with van der Waals surface area (Å²) in [4.78, 5) is 0. The van der Waals surface area contributed by atoms with E-state index in [0.717, 1.165) is 17.7 Å². The number of ether oxygens (including phenoxy) is 2. The third-order valence-corrected chi connectivity index (χ3v) is 2.63. The minimum absolute atomic E-state index is 0.415. The van der Waals surface area contributed by atoms with Gasteiger partial charge in [-0.05, 0) is 26.3 Å². The van der Waals surface area contributed by atoms with Crippen molar-refractivity contribution in [1.29, 1.82) is 0 Å². The summed E-state index contributed by atoms with van der Waals surface area (Å²) in [5.41, 5.74) is 6.92. The Hall–Kier alpha value is -1.06. The largest absolute Gasteiger partial charge is 0.494 e. The van der Waals surface area contributed by atoms with Gasteiger partial charge in [-0.3, -0.25) is 0 Å². The average Bonchev–Trinajstić information content (AvgIpc) is 2.27. The third-order valence-electron chi connectivity index (χ3n) is 2.63. The van der Waals surface area contributed by atoms with Crippen molar-refractivity contribution in [3.63, 3.8) is 0 Å². The van der Waals surface area contributed by atoms with Crippen molar-refractivity contribution in [3.8, 4) is 5.75 Å². The van der Waals surface area contributed by atoms with Crippen LogP contribution in [-0.4, -0.2) is 20.3 Å². The number of hydrogen-bond acceptors (Lipinski definition) is 3. The van der Waals surface area contributed by atoms with Gasteiger partial charge in [0.2, 0.25) is 0 Å². The highest BCUT2D eigenvalue weighted by atomic mass is 16.5. The van der Waals surface area contributed by atoms with Gasteiger partial charge in [0.15, 0.2) is 0 Å². The van der Waals surface area contributed by atoms with Gasteiger partial charge in [-0.15, -0.1) is 0 Å². The summed E-state index contributed by atoms with van der Waals surface area (Å²) in [5.74, 6) is 0.867. The second-order valence-electron chi connectivity index (χ2n) is 4.09. The first-order valence-electron chi connectivity index (χ1n) is 5.62. The van der Waals surface area contributed by atoms with Crippen LogP contribution in [0.25, 0.3) is 0 Å². The lowest BCUT2D eigenvalue weighted by atomic mass is 9.89. The molecule has 0 heterocycles. The Morgan fingerprint density at radius 3 is 2.62 bits per heavy atom. The Labute approximate surface area is 97.6 Å². The molecule has 0 radical (unpaired) electrons. The van der Waals surface area contributed by atoms with Crippen LogP contribution in [0, 0.1) is 0 Å². The summed E-state index contributed by atoms with van der Waals surface area (Å²) in [6.45, 7) is 5.27. The molecule has 90 valence electrons. The zero-order chi connectivity index (χ0) is 12.0. The molecule has 1 unspecified atom stereocenters. The molecule has 16 heavy (non-hydrogen) atoms. The summed E-state index contributed by atoms with van der Waals surface area (Å²) in [7, 11) is 1.69. The van der Waals surface area contributed by atoms with Gasteiger partial charge in [0.25, 0.3) is 0 Å². The molecule has 0 aromatic heterocycles. The van der Waals surface area contributed by atoms with Crippen LogP contribution < -0.4 is 10.5 Å². The molecule has 0 spiro atoms. The maximum absolute atomic E-state index is 6.30. The number of para-hydroxylation sites is 1. The zero-order valence-corrected chi connectivity index (χ0v) is 10.3. The van der Waals surface area contributed by atoms with Crippen molar-refractivity contribution in [2.75, 3.05) is 20.3 Å². The molecule has 0 aliphatic carbocycles. The molecular formula is C13H21NO2. The first-order chi connectivity index (χ1) is 7.61. The topological polar surface area (TPSA) is 44.5 Å². The maximum Gasteiger partial charge on any atom is 0.124 e. The molecule has 0 fully saturated rings. The lowest BCUT2D eigenvalue weighted by molar-refractivity contribution is 0.170. The normalized spacial score (nSPS) is 14.5. The summed E-state index contributed by atoms with van der Waals surface area (Å²) in [5, 5.41) is 0. The fraction of sp³-hybridized carbons (Fsp3) is 0.538. The minimum Gasteiger partial charge on any atom is -0.494 e. The van der Waals surface area contributed by atoms with Gasteiger partial charge in [0.1, 0.15) is 5.75 Å². The Balaban J connectivity index is 2.91. The van der Waals surface area contributed by atoms with E-state index in [2.05, 4.69) is 0 Å². The highest BCUT2D eigenvalue weighted by Gasteiger charge is 2.24. The van der Waals surface area contributed by atoms with E-state index in [1.54, 1.807) is 7.11 Å². The molecule has 0 bridgehead atoms. The summed E-state index contributed by atoms with van der Waals surface area (Å²) >= 11 is 0. The lowest BCUT2D eigenvalue weighted by Crippen LogP contribution is -2.34. The van der Waals surface area contributed by atoms with E-state index in [0.29, 0.717) is 13.2 Å². The number of rotatable bonds is 6. The predicted octanol–water partition coefficient (Wildman–Crippen LogP) is 2.30. The Morgan fingerprint density at radius 2 is 2.00 bits per heavy atom. The van der Waals surface area contributed by atoms with E-state index in [1.807, 2.05) is 38.1 Å². The van der Waals surface area contributed by atoms with E-state index >= 15 is 0 Å². The van der Waals surface area contributed by atoms with Gasteiger partial charge >= 0.3 is 0 Å². The number of benzene rings is 1. The van der Waals surface area contributed by atoms with Crippen LogP contribution in [0.1, 0.15) is 25.8 Å². The smallest absolute Gasteiger partial charge is 0.124 e. The third kappa shape index (κ3) is 3.22. The molecule has 0 saturated carbocycles. The van der Waals surface area contributed by atoms with E-state index in [1.165, 1.54) is 0 Å². The van der Waals surface area contributed by atoms with Crippen LogP contribution in [-0.2, 0) is 10.3 Å². The number of nitrogens with two attached hydrogens (primary N) is 1. The standard InChI is InChI=1S/C13H21NO2/c1-4-16-12-8-6-5-7-11(12)13(2,14)9-10-15-3/h5-8H,4,9-10,14H2,1-3H3. The first kappa shape index (κ1) is 13.0. The molecule has 2 N–H and O–H groups in total. The summed E-state index contributed by atoms with van der Waals surface area (Å²) in [6, 6.07) is 7.91. The SMILES string of the molecule is CCOc1ccccc1C(C)(N)CCOC. The molecule has 0 aliphatic heterocycles. The van der Waals surface area contributed by atoms with Crippen molar-refractivity contribution in [2.24, 2.45) is 5.73 Å². The van der Waals surface area contributed by atoms with Gasteiger partial charge in [-0.1, -0.05) is 18.2 Å². The fourth-order valence-corrected chi connectivity index (χ4v) is 1.67. The molecule has 0 aliphatic rings. The van der Waals surface area contributed by atoms with Crippen molar-refractivity contribution in [2.45, 2.75) is 25.8 Å². The summed E-state index contributed by atoms with van der Waals surface area (Å²) in [6.07, 6.45) is 0.771. The molecule has 1 rings (SSSR count). The summed E-state index contributed by atoms with van der Waals surface area (Å²) < 4.78 is 10.7. The van der Waals surface area contributed by atoms with Crippen molar-refractivity contribution in [3.05, 3.63) is 29.8 Å². The second-order valence-corrected chi connectivity index (χ2v) is 4.09. The van der Waals surface area contributed by atoms with Crippen molar-refractivity contribution in [1.82, 2.24) is 0 Å². The molecule has 1 atom stereocenters. The molecule has 1 aromatic carbocycles. The van der Waals surface area contributed by atoms with Crippen LogP contribution in [0.2, 0.25) is 0 Å². The van der Waals surface area contributed by atoms with Gasteiger partial charge < -0.3 is 15.2 Å². The van der Waals surface area contributed by atoms with Crippen LogP contribution >= 0.6 is 0 Å². The predicted molar refractivity (Wildman–Crippen MR) is 65.6 cm³/mol. The quantitative estimate of drug-likeness (QED) is 0.804. The lowest BCUT2D eigenvalue weighted by Gasteiger charge is -2.27. The van der Waals surface area contributed by atoms with E-state index in [4.69, 9.17) is 15.2 Å². The zero-order valence-electron chi connectivity index (χ0n) is 10.3. The molecule has 0 amide bonds. The van der Waals surface area contributed by atoms with Gasteiger partial charge in [-0.25, -0.2) is 0 Å². The van der Waals surface area contributed by atoms with E-state index < -0.39 is 5.54 Å². The number of hydrogen-bond donors (Lipinski definition) is 1. The van der Waals surface area contributed by atoms with Crippen LogP contribution in [0.15, 0.2) is 24.3 Å². The monoisotopic (exact) mass is 223 g/mol. The average molecular weight is 223 g/mol.